The number of carboxylic acid groups (broad SMARTS) is 1. The Kier molecular flexibility index (Phi) is 4.15. The van der Waals surface area contributed by atoms with Crippen LogP contribution in [0.4, 0.5) is 0 Å². The fraction of sp³-hybridized carbons (Fsp3) is 0.600. The average Bonchev–Trinajstić information content (AvgIpc) is 2.51. The van der Waals surface area contributed by atoms with Gasteiger partial charge in [0, 0.05) is 6.54 Å². The van der Waals surface area contributed by atoms with Gasteiger partial charge in [-0.3, -0.25) is 9.48 Å². The Morgan fingerprint density at radius 2 is 2.47 bits per heavy atom. The van der Waals surface area contributed by atoms with Crippen molar-refractivity contribution in [1.29, 1.82) is 0 Å². The summed E-state index contributed by atoms with van der Waals surface area (Å²) in [7, 11) is 0. The Labute approximate surface area is 88.7 Å². The van der Waals surface area contributed by atoms with E-state index in [4.69, 9.17) is 9.84 Å². The highest BCUT2D eigenvalue weighted by Crippen LogP contribution is 2.12. The summed E-state index contributed by atoms with van der Waals surface area (Å²) in [6, 6.07) is 0. The second kappa shape index (κ2) is 5.38. The van der Waals surface area contributed by atoms with Crippen LogP contribution in [0.3, 0.4) is 0 Å². The molecule has 5 nitrogen and oxygen atoms in total. The van der Waals surface area contributed by atoms with Gasteiger partial charge >= 0.3 is 5.97 Å². The SMILES string of the molecule is CCCn1cc(O[C@@H](C)CC(=O)O)cn1. The second-order valence-corrected chi connectivity index (χ2v) is 3.47. The fourth-order valence-electron chi connectivity index (χ4n) is 1.28. The summed E-state index contributed by atoms with van der Waals surface area (Å²) >= 11 is 0. The quantitative estimate of drug-likeness (QED) is 0.776. The molecule has 1 aromatic heterocycles. The Morgan fingerprint density at radius 1 is 1.73 bits per heavy atom. The van der Waals surface area contributed by atoms with E-state index in [1.807, 2.05) is 0 Å². The molecule has 0 amide bonds. The molecule has 84 valence electrons. The minimum atomic E-state index is -0.858. The van der Waals surface area contributed by atoms with E-state index in [2.05, 4.69) is 12.0 Å². The number of carboxylic acids is 1. The predicted molar refractivity (Wildman–Crippen MR) is 54.9 cm³/mol. The Hall–Kier alpha value is -1.52. The zero-order valence-electron chi connectivity index (χ0n) is 9.01. The maximum absolute atomic E-state index is 10.4. The highest BCUT2D eigenvalue weighted by atomic mass is 16.5. The molecule has 0 bridgehead atoms. The molecule has 0 aliphatic rings. The molecule has 1 N–H and O–H groups in total. The summed E-state index contributed by atoms with van der Waals surface area (Å²) in [4.78, 5) is 10.4. The second-order valence-electron chi connectivity index (χ2n) is 3.47. The van der Waals surface area contributed by atoms with Gasteiger partial charge in [-0.2, -0.15) is 5.10 Å². The number of hydrogen-bond acceptors (Lipinski definition) is 3. The van der Waals surface area contributed by atoms with Gasteiger partial charge in [-0.05, 0) is 13.3 Å². The third kappa shape index (κ3) is 4.01. The molecule has 0 saturated heterocycles. The van der Waals surface area contributed by atoms with E-state index < -0.39 is 5.97 Å². The van der Waals surface area contributed by atoms with Gasteiger partial charge in [0.05, 0.1) is 18.8 Å². The van der Waals surface area contributed by atoms with E-state index in [1.165, 1.54) is 0 Å². The average molecular weight is 212 g/mol. The molecule has 0 aromatic carbocycles. The highest BCUT2D eigenvalue weighted by Gasteiger charge is 2.09. The molecule has 0 fully saturated rings. The fourth-order valence-corrected chi connectivity index (χ4v) is 1.28. The summed E-state index contributed by atoms with van der Waals surface area (Å²) in [6.07, 6.45) is 4.06. The molecule has 0 aliphatic heterocycles. The number of aromatic nitrogens is 2. The molecule has 1 aromatic rings. The Morgan fingerprint density at radius 3 is 3.07 bits per heavy atom. The summed E-state index contributed by atoms with van der Waals surface area (Å²) in [6.45, 7) is 4.64. The first-order valence-electron chi connectivity index (χ1n) is 5.02. The minimum Gasteiger partial charge on any atom is -0.487 e. The van der Waals surface area contributed by atoms with Gasteiger partial charge in [-0.25, -0.2) is 0 Å². The lowest BCUT2D eigenvalue weighted by molar-refractivity contribution is -0.138. The molecule has 1 atom stereocenters. The molecule has 5 heteroatoms. The molecule has 0 aliphatic carbocycles. The van der Waals surface area contributed by atoms with Crippen LogP contribution in [0.15, 0.2) is 12.4 Å². The lowest BCUT2D eigenvalue weighted by atomic mass is 10.3. The first kappa shape index (κ1) is 11.6. The molecule has 15 heavy (non-hydrogen) atoms. The van der Waals surface area contributed by atoms with Crippen LogP contribution in [-0.4, -0.2) is 27.0 Å². The van der Waals surface area contributed by atoms with Gasteiger partial charge in [0.1, 0.15) is 6.10 Å². The first-order valence-corrected chi connectivity index (χ1v) is 5.02. The lowest BCUT2D eigenvalue weighted by Gasteiger charge is -2.09. The van der Waals surface area contributed by atoms with E-state index in [1.54, 1.807) is 24.0 Å². The molecule has 0 unspecified atom stereocenters. The summed E-state index contributed by atoms with van der Waals surface area (Å²) in [5.74, 6) is -0.236. The number of aliphatic carboxylic acids is 1. The van der Waals surface area contributed by atoms with E-state index in [-0.39, 0.29) is 12.5 Å². The minimum absolute atomic E-state index is 0.00103. The van der Waals surface area contributed by atoms with Gasteiger partial charge in [0.2, 0.25) is 0 Å². The maximum atomic E-state index is 10.4. The van der Waals surface area contributed by atoms with Crippen LogP contribution < -0.4 is 4.74 Å². The van der Waals surface area contributed by atoms with Crippen molar-refractivity contribution in [1.82, 2.24) is 9.78 Å². The molecular weight excluding hydrogens is 196 g/mol. The zero-order chi connectivity index (χ0) is 11.3. The summed E-state index contributed by atoms with van der Waals surface area (Å²) < 4.78 is 7.17. The van der Waals surface area contributed by atoms with Crippen LogP contribution in [0.25, 0.3) is 0 Å². The van der Waals surface area contributed by atoms with Gasteiger partial charge in [0.25, 0.3) is 0 Å². The van der Waals surface area contributed by atoms with Crippen LogP contribution in [0.5, 0.6) is 5.75 Å². The molecule has 0 radical (unpaired) electrons. The monoisotopic (exact) mass is 212 g/mol. The van der Waals surface area contributed by atoms with Gasteiger partial charge in [0.15, 0.2) is 5.75 Å². The third-order valence-corrected chi connectivity index (χ3v) is 1.86. The lowest BCUT2D eigenvalue weighted by Crippen LogP contribution is -2.16. The Balaban J connectivity index is 2.45. The van der Waals surface area contributed by atoms with Gasteiger partial charge in [-0.1, -0.05) is 6.92 Å². The van der Waals surface area contributed by atoms with Crippen molar-refractivity contribution in [2.75, 3.05) is 0 Å². The van der Waals surface area contributed by atoms with Crippen LogP contribution in [0.1, 0.15) is 26.7 Å². The van der Waals surface area contributed by atoms with E-state index in [0.717, 1.165) is 13.0 Å². The van der Waals surface area contributed by atoms with Gasteiger partial charge < -0.3 is 9.84 Å². The molecule has 1 rings (SSSR count). The number of aryl methyl sites for hydroxylation is 1. The topological polar surface area (TPSA) is 64.3 Å². The number of ether oxygens (including phenoxy) is 1. The van der Waals surface area contributed by atoms with Crippen molar-refractivity contribution in [3.05, 3.63) is 12.4 Å². The standard InChI is InChI=1S/C10H16N2O3/c1-3-4-12-7-9(6-11-12)15-8(2)5-10(13)14/h6-8H,3-5H2,1-2H3,(H,13,14)/t8-/m0/s1. The Bertz CT molecular complexity index is 322. The van der Waals surface area contributed by atoms with Crippen molar-refractivity contribution in [2.45, 2.75) is 39.3 Å². The van der Waals surface area contributed by atoms with E-state index in [0.29, 0.717) is 5.75 Å². The van der Waals surface area contributed by atoms with Crippen LogP contribution in [0, 0.1) is 0 Å². The summed E-state index contributed by atoms with van der Waals surface area (Å²) in [5, 5.41) is 12.6. The largest absolute Gasteiger partial charge is 0.487 e. The van der Waals surface area contributed by atoms with E-state index in [9.17, 15) is 4.79 Å². The van der Waals surface area contributed by atoms with Crippen molar-refractivity contribution < 1.29 is 14.6 Å². The molecule has 0 spiro atoms. The van der Waals surface area contributed by atoms with Crippen LogP contribution in [-0.2, 0) is 11.3 Å². The van der Waals surface area contributed by atoms with Crippen molar-refractivity contribution in [3.8, 4) is 5.75 Å². The molecular formula is C10H16N2O3. The smallest absolute Gasteiger partial charge is 0.307 e. The van der Waals surface area contributed by atoms with Crippen molar-refractivity contribution in [3.63, 3.8) is 0 Å². The van der Waals surface area contributed by atoms with E-state index >= 15 is 0 Å². The third-order valence-electron chi connectivity index (χ3n) is 1.86. The van der Waals surface area contributed by atoms with Crippen LogP contribution >= 0.6 is 0 Å². The van der Waals surface area contributed by atoms with Crippen LogP contribution in [0.2, 0.25) is 0 Å². The summed E-state index contributed by atoms with van der Waals surface area (Å²) in [5.41, 5.74) is 0. The molecule has 1 heterocycles. The maximum Gasteiger partial charge on any atom is 0.307 e. The zero-order valence-corrected chi connectivity index (χ0v) is 9.01. The molecule has 0 saturated carbocycles. The highest BCUT2D eigenvalue weighted by molar-refractivity contribution is 5.67. The number of rotatable bonds is 6. The first-order chi connectivity index (χ1) is 7.11. The number of hydrogen-bond donors (Lipinski definition) is 1. The van der Waals surface area contributed by atoms with Crippen molar-refractivity contribution >= 4 is 5.97 Å². The van der Waals surface area contributed by atoms with Gasteiger partial charge in [-0.15, -0.1) is 0 Å². The number of nitrogens with zero attached hydrogens (tertiary/aromatic N) is 2. The normalized spacial score (nSPS) is 12.4. The predicted octanol–water partition coefficient (Wildman–Crippen LogP) is 1.54. The van der Waals surface area contributed by atoms with Crippen molar-refractivity contribution in [2.24, 2.45) is 0 Å². The number of carbonyl (C=O) groups is 1.